The van der Waals surface area contributed by atoms with Crippen molar-refractivity contribution in [2.75, 3.05) is 5.01 Å². The number of nitriles is 1. The standard InChI is InChI=1S/C11H6Cl2F3IN4/c12-6-1-5(11(14,15)16)2-7(13)10(6)20-4-8(17)9(3-18)21(20)19/h1-2,4,9H,19H2. The van der Waals surface area contributed by atoms with Crippen LogP contribution in [0.3, 0.4) is 0 Å². The summed E-state index contributed by atoms with van der Waals surface area (Å²) in [4.78, 5) is 0. The van der Waals surface area contributed by atoms with Crippen LogP contribution in [0.5, 0.6) is 0 Å². The Labute approximate surface area is 141 Å². The third-order valence-corrected chi connectivity index (χ3v) is 4.16. The van der Waals surface area contributed by atoms with Gasteiger partial charge in [-0.2, -0.15) is 18.4 Å². The molecule has 0 fully saturated rings. The van der Waals surface area contributed by atoms with Crippen LogP contribution in [0.25, 0.3) is 0 Å². The van der Waals surface area contributed by atoms with Crippen LogP contribution in [-0.4, -0.2) is 11.2 Å². The average Bonchev–Trinajstić information content (AvgIpc) is 2.62. The molecule has 112 valence electrons. The van der Waals surface area contributed by atoms with Crippen molar-refractivity contribution in [3.05, 3.63) is 37.5 Å². The van der Waals surface area contributed by atoms with Crippen molar-refractivity contribution in [1.82, 2.24) is 5.12 Å². The number of benzene rings is 1. The minimum absolute atomic E-state index is 0.0840. The Morgan fingerprint density at radius 3 is 2.19 bits per heavy atom. The lowest BCUT2D eigenvalue weighted by Gasteiger charge is -2.28. The Balaban J connectivity index is 2.50. The van der Waals surface area contributed by atoms with E-state index in [0.717, 1.165) is 17.3 Å². The fourth-order valence-corrected chi connectivity index (χ4v) is 3.10. The average molecular weight is 449 g/mol. The molecule has 21 heavy (non-hydrogen) atoms. The van der Waals surface area contributed by atoms with Gasteiger partial charge in [-0.25, -0.2) is 5.84 Å². The molecule has 0 saturated heterocycles. The largest absolute Gasteiger partial charge is 0.416 e. The van der Waals surface area contributed by atoms with E-state index < -0.39 is 17.8 Å². The molecule has 1 aromatic rings. The van der Waals surface area contributed by atoms with Gasteiger partial charge in [0.25, 0.3) is 0 Å². The first-order valence-corrected chi connectivity index (χ1v) is 7.16. The smallest absolute Gasteiger partial charge is 0.263 e. The summed E-state index contributed by atoms with van der Waals surface area (Å²) in [7, 11) is 0. The zero-order chi connectivity index (χ0) is 15.9. The molecule has 10 heteroatoms. The maximum atomic E-state index is 12.7. The molecule has 0 aliphatic carbocycles. The van der Waals surface area contributed by atoms with Crippen molar-refractivity contribution < 1.29 is 13.2 Å². The van der Waals surface area contributed by atoms with Gasteiger partial charge >= 0.3 is 6.18 Å². The van der Waals surface area contributed by atoms with E-state index in [4.69, 9.17) is 34.3 Å². The lowest BCUT2D eigenvalue weighted by Crippen LogP contribution is -2.46. The summed E-state index contributed by atoms with van der Waals surface area (Å²) in [6.07, 6.45) is -3.08. The number of rotatable bonds is 1. The first-order chi connectivity index (χ1) is 9.66. The number of hydrogen-bond acceptors (Lipinski definition) is 4. The molecule has 4 nitrogen and oxygen atoms in total. The lowest BCUT2D eigenvalue weighted by atomic mass is 10.2. The Hall–Kier alpha value is -0.730. The topological polar surface area (TPSA) is 56.3 Å². The summed E-state index contributed by atoms with van der Waals surface area (Å²) in [5, 5.41) is 10.9. The van der Waals surface area contributed by atoms with E-state index in [1.807, 2.05) is 28.7 Å². The maximum absolute atomic E-state index is 12.7. The number of halogens is 6. The van der Waals surface area contributed by atoms with E-state index in [9.17, 15) is 13.2 Å². The van der Waals surface area contributed by atoms with Gasteiger partial charge < -0.3 is 0 Å². The second kappa shape index (κ2) is 5.81. The van der Waals surface area contributed by atoms with Gasteiger partial charge in [0.15, 0.2) is 6.04 Å². The molecule has 0 amide bonds. The van der Waals surface area contributed by atoms with Gasteiger partial charge in [0.05, 0.1) is 27.4 Å². The van der Waals surface area contributed by atoms with E-state index >= 15 is 0 Å². The Kier molecular flexibility index (Phi) is 4.60. The van der Waals surface area contributed by atoms with E-state index in [1.165, 1.54) is 11.2 Å². The molecule has 1 aliphatic heterocycles. The first-order valence-electron chi connectivity index (χ1n) is 5.33. The van der Waals surface area contributed by atoms with E-state index in [2.05, 4.69) is 0 Å². The second-order valence-corrected chi connectivity index (χ2v) is 6.12. The summed E-state index contributed by atoms with van der Waals surface area (Å²) < 4.78 is 38.7. The fraction of sp³-hybridized carbons (Fsp3) is 0.182. The van der Waals surface area contributed by atoms with Crippen molar-refractivity contribution in [2.24, 2.45) is 5.84 Å². The molecule has 2 N–H and O–H groups in total. The predicted molar refractivity (Wildman–Crippen MR) is 81.5 cm³/mol. The summed E-state index contributed by atoms with van der Waals surface area (Å²) in [5.74, 6) is 5.76. The van der Waals surface area contributed by atoms with Crippen molar-refractivity contribution >= 4 is 51.5 Å². The number of hydrazine groups is 2. The normalized spacial score (nSPS) is 19.6. The molecule has 0 bridgehead atoms. The monoisotopic (exact) mass is 448 g/mol. The summed E-state index contributed by atoms with van der Waals surface area (Å²) >= 11 is 13.7. The number of alkyl halides is 3. The van der Waals surface area contributed by atoms with Crippen molar-refractivity contribution in [1.29, 1.82) is 5.26 Å². The molecule has 0 radical (unpaired) electrons. The van der Waals surface area contributed by atoms with Gasteiger partial charge in [-0.15, -0.1) is 5.12 Å². The quantitative estimate of drug-likeness (QED) is 0.519. The zero-order valence-corrected chi connectivity index (χ0v) is 13.7. The van der Waals surface area contributed by atoms with Crippen LogP contribution in [-0.2, 0) is 6.18 Å². The number of hydrogen-bond donors (Lipinski definition) is 1. The minimum Gasteiger partial charge on any atom is -0.263 e. The number of nitrogens with two attached hydrogens (primary N) is 1. The predicted octanol–water partition coefficient (Wildman–Crippen LogP) is 4.09. The number of anilines is 1. The Morgan fingerprint density at radius 2 is 1.81 bits per heavy atom. The highest BCUT2D eigenvalue weighted by Crippen LogP contribution is 2.42. The van der Waals surface area contributed by atoms with Crippen LogP contribution in [0.15, 0.2) is 21.9 Å². The van der Waals surface area contributed by atoms with Crippen molar-refractivity contribution in [2.45, 2.75) is 12.2 Å². The van der Waals surface area contributed by atoms with Crippen LogP contribution < -0.4 is 10.9 Å². The van der Waals surface area contributed by atoms with Crippen molar-refractivity contribution in [3.8, 4) is 6.07 Å². The molecular formula is C11H6Cl2F3IN4. The highest BCUT2D eigenvalue weighted by molar-refractivity contribution is 14.1. The second-order valence-electron chi connectivity index (χ2n) is 4.06. The molecule has 1 heterocycles. The molecule has 2 rings (SSSR count). The van der Waals surface area contributed by atoms with E-state index in [-0.39, 0.29) is 15.7 Å². The molecule has 1 unspecified atom stereocenters. The van der Waals surface area contributed by atoms with Crippen LogP contribution >= 0.6 is 45.8 Å². The summed E-state index contributed by atoms with van der Waals surface area (Å²) in [6, 6.07) is 2.73. The van der Waals surface area contributed by atoms with E-state index in [1.54, 1.807) is 0 Å². The Morgan fingerprint density at radius 1 is 1.29 bits per heavy atom. The number of nitrogens with zero attached hydrogens (tertiary/aromatic N) is 3. The van der Waals surface area contributed by atoms with Crippen LogP contribution in [0.2, 0.25) is 10.0 Å². The SMILES string of the molecule is N#CC1C(I)=CN(c2c(Cl)cc(C(F)(F)F)cc2Cl)N1N. The fourth-order valence-electron chi connectivity index (χ4n) is 1.75. The molecule has 1 aromatic carbocycles. The van der Waals surface area contributed by atoms with Crippen molar-refractivity contribution in [3.63, 3.8) is 0 Å². The minimum atomic E-state index is -4.56. The first kappa shape index (κ1) is 16.6. The zero-order valence-electron chi connectivity index (χ0n) is 10.00. The van der Waals surface area contributed by atoms with Crippen LogP contribution in [0.1, 0.15) is 5.56 Å². The molecule has 0 aromatic heterocycles. The van der Waals surface area contributed by atoms with Crippen LogP contribution in [0, 0.1) is 11.3 Å². The van der Waals surface area contributed by atoms with E-state index in [0.29, 0.717) is 3.58 Å². The van der Waals surface area contributed by atoms with Gasteiger partial charge in [0.1, 0.15) is 0 Å². The van der Waals surface area contributed by atoms with Gasteiger partial charge in [-0.1, -0.05) is 23.2 Å². The lowest BCUT2D eigenvalue weighted by molar-refractivity contribution is -0.137. The van der Waals surface area contributed by atoms with Gasteiger partial charge in [0, 0.05) is 9.78 Å². The molecule has 0 saturated carbocycles. The molecule has 0 spiro atoms. The van der Waals surface area contributed by atoms with Crippen LogP contribution in [0.4, 0.5) is 18.9 Å². The third-order valence-electron chi connectivity index (χ3n) is 2.72. The third kappa shape index (κ3) is 3.07. The Bertz CT molecular complexity index is 633. The highest BCUT2D eigenvalue weighted by atomic mass is 127. The summed E-state index contributed by atoms with van der Waals surface area (Å²) in [6.45, 7) is 0. The van der Waals surface area contributed by atoms with Gasteiger partial charge in [-0.3, -0.25) is 5.01 Å². The van der Waals surface area contributed by atoms with Gasteiger partial charge in [0.2, 0.25) is 0 Å². The molecule has 1 atom stereocenters. The molecular weight excluding hydrogens is 443 g/mol. The summed E-state index contributed by atoms with van der Waals surface area (Å²) in [5.41, 5.74) is -0.875. The van der Waals surface area contributed by atoms with Gasteiger partial charge in [-0.05, 0) is 34.7 Å². The maximum Gasteiger partial charge on any atom is 0.416 e. The highest BCUT2D eigenvalue weighted by Gasteiger charge is 2.36. The molecule has 1 aliphatic rings.